The van der Waals surface area contributed by atoms with Gasteiger partial charge in [-0.25, -0.2) is 0 Å². The summed E-state index contributed by atoms with van der Waals surface area (Å²) in [5.74, 6) is -0.190. The Hall–Kier alpha value is -2.34. The average molecular weight is 486 g/mol. The molecule has 1 heterocycles. The van der Waals surface area contributed by atoms with E-state index in [1.54, 1.807) is 0 Å². The van der Waals surface area contributed by atoms with Crippen molar-refractivity contribution in [3.8, 4) is 0 Å². The number of hydrogen-bond acceptors (Lipinski definition) is 3. The molecular formula is C25H32BrN3O2. The van der Waals surface area contributed by atoms with E-state index in [4.69, 9.17) is 0 Å². The Labute approximate surface area is 192 Å². The van der Waals surface area contributed by atoms with Crippen molar-refractivity contribution in [2.45, 2.75) is 72.4 Å². The summed E-state index contributed by atoms with van der Waals surface area (Å²) < 4.78 is 0.855. The van der Waals surface area contributed by atoms with Crippen LogP contribution in [0.3, 0.4) is 0 Å². The number of anilines is 1. The number of pyridine rings is 1. The summed E-state index contributed by atoms with van der Waals surface area (Å²) in [5, 5.41) is 6.62. The van der Waals surface area contributed by atoms with Crippen LogP contribution in [0.15, 0.2) is 33.0 Å². The van der Waals surface area contributed by atoms with Gasteiger partial charge >= 0.3 is 0 Å². The smallest absolute Gasteiger partial charge is 0.253 e. The lowest BCUT2D eigenvalue weighted by Crippen LogP contribution is -2.28. The van der Waals surface area contributed by atoms with Crippen LogP contribution in [0, 0.1) is 13.8 Å². The largest absolute Gasteiger partial charge is 0.382 e. The molecule has 1 aromatic heterocycles. The highest BCUT2D eigenvalue weighted by Gasteiger charge is 2.20. The monoisotopic (exact) mass is 485 g/mol. The molecule has 2 aromatic rings. The van der Waals surface area contributed by atoms with Crippen LogP contribution in [-0.2, 0) is 6.54 Å². The highest BCUT2D eigenvalue weighted by Crippen LogP contribution is 2.31. The summed E-state index contributed by atoms with van der Waals surface area (Å²) in [7, 11) is 0. The number of carbonyl (C=O) groups excluding carboxylic acids is 1. The molecule has 166 valence electrons. The van der Waals surface area contributed by atoms with Crippen LogP contribution < -0.4 is 16.2 Å². The van der Waals surface area contributed by atoms with Gasteiger partial charge in [-0.1, -0.05) is 47.3 Å². The molecule has 0 bridgehead atoms. The number of aryl methyl sites for hydroxylation is 2. The molecule has 0 atom stereocenters. The van der Waals surface area contributed by atoms with Crippen molar-refractivity contribution in [3.63, 3.8) is 0 Å². The minimum atomic E-state index is -0.190. The van der Waals surface area contributed by atoms with Crippen LogP contribution in [0.25, 0.3) is 6.08 Å². The van der Waals surface area contributed by atoms with Crippen LogP contribution >= 0.6 is 15.9 Å². The Morgan fingerprint density at radius 1 is 1.23 bits per heavy atom. The average Bonchev–Trinajstić information content (AvgIpc) is 3.21. The van der Waals surface area contributed by atoms with E-state index in [-0.39, 0.29) is 18.0 Å². The van der Waals surface area contributed by atoms with Gasteiger partial charge in [0.2, 0.25) is 0 Å². The molecule has 3 N–H and O–H groups in total. The van der Waals surface area contributed by atoms with Crippen LogP contribution in [0.5, 0.6) is 0 Å². The van der Waals surface area contributed by atoms with Gasteiger partial charge in [-0.2, -0.15) is 0 Å². The fraction of sp³-hybridized carbons (Fsp3) is 0.440. The maximum atomic E-state index is 13.2. The molecule has 0 radical (unpaired) electrons. The lowest BCUT2D eigenvalue weighted by Gasteiger charge is -2.19. The van der Waals surface area contributed by atoms with Crippen molar-refractivity contribution in [1.82, 2.24) is 10.3 Å². The van der Waals surface area contributed by atoms with Gasteiger partial charge in [0, 0.05) is 45.1 Å². The number of halogens is 1. The normalized spacial score (nSPS) is 14.7. The first-order valence-corrected chi connectivity index (χ1v) is 11.8. The molecule has 1 aliphatic carbocycles. The Bertz CT molecular complexity index is 1050. The number of nitrogens with one attached hydrogen (secondary N) is 3. The van der Waals surface area contributed by atoms with E-state index in [0.717, 1.165) is 46.2 Å². The number of aromatic nitrogens is 1. The standard InChI is InChI=1S/C25H32BrN3O2/c1-5-15(2)10-20-21(12-18(26)13-23(20)29-19-8-6-7-9-19)24(30)27-14-22-16(3)11-17(4)28-25(22)31/h10-13,19,29H,5-9,14H2,1-4H3,(H,27,30)(H,28,31)/b15-10+. The van der Waals surface area contributed by atoms with Crippen molar-refractivity contribution in [2.75, 3.05) is 5.32 Å². The van der Waals surface area contributed by atoms with Gasteiger partial charge in [0.15, 0.2) is 0 Å². The molecule has 1 aliphatic rings. The minimum Gasteiger partial charge on any atom is -0.382 e. The number of aromatic amines is 1. The van der Waals surface area contributed by atoms with Gasteiger partial charge in [0.05, 0.1) is 0 Å². The SMILES string of the molecule is CC/C(C)=C/c1c(NC2CCCC2)cc(Br)cc1C(=O)NCc1c(C)cc(C)[nH]c1=O. The number of carbonyl (C=O) groups is 1. The van der Waals surface area contributed by atoms with Crippen molar-refractivity contribution in [1.29, 1.82) is 0 Å². The molecule has 0 saturated heterocycles. The van der Waals surface area contributed by atoms with Crippen molar-refractivity contribution >= 4 is 33.6 Å². The Balaban J connectivity index is 1.93. The fourth-order valence-electron chi connectivity index (χ4n) is 4.08. The summed E-state index contributed by atoms with van der Waals surface area (Å²) in [6, 6.07) is 6.27. The maximum Gasteiger partial charge on any atom is 0.253 e. The number of benzene rings is 1. The Kier molecular flexibility index (Phi) is 7.76. The molecule has 1 fully saturated rings. The Morgan fingerprint density at radius 3 is 2.58 bits per heavy atom. The van der Waals surface area contributed by atoms with Gasteiger partial charge < -0.3 is 15.6 Å². The predicted octanol–water partition coefficient (Wildman–Crippen LogP) is 5.85. The second-order valence-corrected chi connectivity index (χ2v) is 9.43. The molecule has 1 saturated carbocycles. The first kappa shape index (κ1) is 23.3. The van der Waals surface area contributed by atoms with E-state index >= 15 is 0 Å². The topological polar surface area (TPSA) is 74.0 Å². The number of allylic oxidation sites excluding steroid dienone is 1. The van der Waals surface area contributed by atoms with Crippen LogP contribution in [0.1, 0.15) is 78.7 Å². The molecule has 6 heteroatoms. The lowest BCUT2D eigenvalue weighted by atomic mass is 10.00. The predicted molar refractivity (Wildman–Crippen MR) is 132 cm³/mol. The maximum absolute atomic E-state index is 13.2. The Morgan fingerprint density at radius 2 is 1.94 bits per heavy atom. The van der Waals surface area contributed by atoms with Crippen LogP contribution in [0.4, 0.5) is 5.69 Å². The number of H-pyrrole nitrogens is 1. The van der Waals surface area contributed by atoms with E-state index in [1.807, 2.05) is 26.0 Å². The molecule has 0 unspecified atom stereocenters. The van der Waals surface area contributed by atoms with Crippen LogP contribution in [0.2, 0.25) is 0 Å². The molecule has 31 heavy (non-hydrogen) atoms. The van der Waals surface area contributed by atoms with Crippen molar-refractivity contribution < 1.29 is 4.79 Å². The number of rotatable bonds is 7. The molecule has 0 aliphatic heterocycles. The van der Waals surface area contributed by atoms with E-state index in [0.29, 0.717) is 17.2 Å². The molecule has 0 spiro atoms. The van der Waals surface area contributed by atoms with Gasteiger partial charge in [0.25, 0.3) is 11.5 Å². The third-order valence-corrected chi connectivity index (χ3v) is 6.43. The third kappa shape index (κ3) is 5.88. The minimum absolute atomic E-state index is 0.155. The summed E-state index contributed by atoms with van der Waals surface area (Å²) in [6.45, 7) is 8.13. The summed E-state index contributed by atoms with van der Waals surface area (Å²) in [4.78, 5) is 28.4. The highest BCUT2D eigenvalue weighted by molar-refractivity contribution is 9.10. The molecule has 1 aromatic carbocycles. The molecule has 3 rings (SSSR count). The summed E-state index contributed by atoms with van der Waals surface area (Å²) in [5.41, 5.74) is 5.80. The highest BCUT2D eigenvalue weighted by atomic mass is 79.9. The third-order valence-electron chi connectivity index (χ3n) is 5.97. The van der Waals surface area contributed by atoms with Crippen LogP contribution in [-0.4, -0.2) is 16.9 Å². The quantitative estimate of drug-likeness (QED) is 0.460. The van der Waals surface area contributed by atoms with Gasteiger partial charge in [-0.3, -0.25) is 9.59 Å². The first-order chi connectivity index (χ1) is 14.8. The summed E-state index contributed by atoms with van der Waals surface area (Å²) >= 11 is 3.58. The number of amides is 1. The molecular weight excluding hydrogens is 454 g/mol. The van der Waals surface area contributed by atoms with Gasteiger partial charge in [-0.15, -0.1) is 0 Å². The summed E-state index contributed by atoms with van der Waals surface area (Å²) in [6.07, 6.45) is 7.80. The van der Waals surface area contributed by atoms with E-state index < -0.39 is 0 Å². The molecule has 1 amide bonds. The second kappa shape index (κ2) is 10.3. The van der Waals surface area contributed by atoms with Gasteiger partial charge in [-0.05, 0) is 63.8 Å². The zero-order valence-electron chi connectivity index (χ0n) is 18.8. The number of hydrogen-bond donors (Lipinski definition) is 3. The van der Waals surface area contributed by atoms with Gasteiger partial charge in [0.1, 0.15) is 0 Å². The van der Waals surface area contributed by atoms with E-state index in [1.165, 1.54) is 18.4 Å². The fourth-order valence-corrected chi connectivity index (χ4v) is 4.54. The zero-order valence-corrected chi connectivity index (χ0v) is 20.4. The van der Waals surface area contributed by atoms with Crippen molar-refractivity contribution in [2.24, 2.45) is 0 Å². The zero-order chi connectivity index (χ0) is 22.5. The van der Waals surface area contributed by atoms with E-state index in [2.05, 4.69) is 57.5 Å². The lowest BCUT2D eigenvalue weighted by molar-refractivity contribution is 0.0950. The molecule has 5 nitrogen and oxygen atoms in total. The van der Waals surface area contributed by atoms with Crippen molar-refractivity contribution in [3.05, 3.63) is 66.5 Å². The second-order valence-electron chi connectivity index (χ2n) is 8.51. The van der Waals surface area contributed by atoms with E-state index in [9.17, 15) is 9.59 Å². The first-order valence-electron chi connectivity index (χ1n) is 11.0.